The van der Waals surface area contributed by atoms with Crippen molar-refractivity contribution in [3.8, 4) is 5.75 Å². The zero-order chi connectivity index (χ0) is 28.2. The average Bonchev–Trinajstić information content (AvgIpc) is 2.92. The third kappa shape index (κ3) is 9.57. The van der Waals surface area contributed by atoms with E-state index in [1.54, 1.807) is 19.1 Å². The van der Waals surface area contributed by atoms with Gasteiger partial charge in [-0.2, -0.15) is 0 Å². The van der Waals surface area contributed by atoms with Crippen molar-refractivity contribution in [3.05, 3.63) is 101 Å². The van der Waals surface area contributed by atoms with Gasteiger partial charge in [0.15, 0.2) is 0 Å². The first kappa shape index (κ1) is 29.4. The summed E-state index contributed by atoms with van der Waals surface area (Å²) in [6, 6.07) is 21.3. The normalized spacial score (nSPS) is 12.2. The van der Waals surface area contributed by atoms with Crippen LogP contribution in [0, 0.1) is 13.8 Å². The van der Waals surface area contributed by atoms with Crippen LogP contribution in [0.3, 0.4) is 0 Å². The highest BCUT2D eigenvalue weighted by Gasteiger charge is 2.22. The Hall–Kier alpha value is -4.17. The van der Waals surface area contributed by atoms with E-state index in [4.69, 9.17) is 15.2 Å². The minimum absolute atomic E-state index is 0.115. The maximum Gasteiger partial charge on any atom is 0.514 e. The van der Waals surface area contributed by atoms with Crippen LogP contribution in [0.2, 0.25) is 0 Å². The quantitative estimate of drug-likeness (QED) is 0.184. The Morgan fingerprint density at radius 3 is 2.08 bits per heavy atom. The molecule has 39 heavy (non-hydrogen) atoms. The number of hydrogen-bond acceptors (Lipinski definition) is 6. The molecule has 206 valence electrons. The fourth-order valence-corrected chi connectivity index (χ4v) is 4.18. The van der Waals surface area contributed by atoms with Crippen molar-refractivity contribution in [3.63, 3.8) is 0 Å². The number of ether oxygens (including phenoxy) is 2. The molecule has 0 bridgehead atoms. The molecule has 0 saturated carbocycles. The second kappa shape index (κ2) is 14.7. The Labute approximate surface area is 229 Å². The largest absolute Gasteiger partial charge is 0.514 e. The number of amides is 2. The lowest BCUT2D eigenvalue weighted by atomic mass is 9.96. The van der Waals surface area contributed by atoms with E-state index in [1.807, 2.05) is 62.4 Å². The molecule has 2 atom stereocenters. The SMILES string of the molecule is Cc1cc(OC(=O)OCc2ccccc2)cc(C)c1C[C@H](N)C(=O)N[C@H](C)C(=O)NCCCc1ccccc1. The predicted molar refractivity (Wildman–Crippen MR) is 150 cm³/mol. The molecule has 0 aromatic heterocycles. The molecule has 0 fully saturated rings. The second-order valence-corrected chi connectivity index (χ2v) is 9.58. The van der Waals surface area contributed by atoms with Gasteiger partial charge >= 0.3 is 6.16 Å². The topological polar surface area (TPSA) is 120 Å². The molecular weight excluding hydrogens is 494 g/mol. The Morgan fingerprint density at radius 1 is 0.872 bits per heavy atom. The molecule has 0 aliphatic heterocycles. The van der Waals surface area contributed by atoms with Crippen LogP contribution in [-0.4, -0.2) is 36.6 Å². The number of nitrogens with two attached hydrogens (primary N) is 1. The summed E-state index contributed by atoms with van der Waals surface area (Å²) in [6.07, 6.45) is 1.14. The Bertz CT molecular complexity index is 1220. The first-order valence-corrected chi connectivity index (χ1v) is 13.1. The molecule has 3 aromatic rings. The van der Waals surface area contributed by atoms with E-state index in [2.05, 4.69) is 22.8 Å². The number of benzene rings is 3. The molecular formula is C31H37N3O5. The molecule has 3 aromatic carbocycles. The molecule has 3 rings (SSSR count). The van der Waals surface area contributed by atoms with E-state index in [0.29, 0.717) is 12.3 Å². The zero-order valence-electron chi connectivity index (χ0n) is 22.7. The van der Waals surface area contributed by atoms with E-state index in [1.165, 1.54) is 5.56 Å². The highest BCUT2D eigenvalue weighted by molar-refractivity contribution is 5.89. The molecule has 2 amide bonds. The standard InChI is InChI=1S/C31H37N3O5/c1-21-17-26(39-31(37)38-20-25-13-8-5-9-14-25)18-22(2)27(21)19-28(32)30(36)34-23(3)29(35)33-16-10-15-24-11-6-4-7-12-24/h4-9,11-14,17-18,23,28H,10,15-16,19-20,32H2,1-3H3,(H,33,35)(H,34,36)/t23-,28+/m1/s1. The van der Waals surface area contributed by atoms with Crippen LogP contribution in [0.5, 0.6) is 5.75 Å². The maximum atomic E-state index is 12.7. The summed E-state index contributed by atoms with van der Waals surface area (Å²) in [5, 5.41) is 5.56. The molecule has 0 saturated heterocycles. The van der Waals surface area contributed by atoms with Gasteiger partial charge in [0.2, 0.25) is 11.8 Å². The van der Waals surface area contributed by atoms with E-state index in [9.17, 15) is 14.4 Å². The van der Waals surface area contributed by atoms with Crippen molar-refractivity contribution in [2.75, 3.05) is 6.54 Å². The van der Waals surface area contributed by atoms with E-state index in [0.717, 1.165) is 35.1 Å². The highest BCUT2D eigenvalue weighted by Crippen LogP contribution is 2.23. The molecule has 0 unspecified atom stereocenters. The molecule has 4 N–H and O–H groups in total. The van der Waals surface area contributed by atoms with Crippen molar-refractivity contribution in [2.45, 2.75) is 58.7 Å². The van der Waals surface area contributed by atoms with Crippen LogP contribution in [0.25, 0.3) is 0 Å². The summed E-state index contributed by atoms with van der Waals surface area (Å²) in [6.45, 7) is 5.99. The lowest BCUT2D eigenvalue weighted by Gasteiger charge is -2.19. The highest BCUT2D eigenvalue weighted by atomic mass is 16.7. The lowest BCUT2D eigenvalue weighted by molar-refractivity contribution is -0.129. The summed E-state index contributed by atoms with van der Waals surface area (Å²) in [7, 11) is 0. The number of hydrogen-bond donors (Lipinski definition) is 3. The summed E-state index contributed by atoms with van der Waals surface area (Å²) in [5.41, 5.74) is 10.8. The van der Waals surface area contributed by atoms with E-state index >= 15 is 0 Å². The van der Waals surface area contributed by atoms with Gasteiger partial charge in [0.05, 0.1) is 6.04 Å². The van der Waals surface area contributed by atoms with Crippen LogP contribution >= 0.6 is 0 Å². The minimum Gasteiger partial charge on any atom is -0.429 e. The molecule has 0 aliphatic carbocycles. The molecule has 0 aliphatic rings. The molecule has 8 nitrogen and oxygen atoms in total. The summed E-state index contributed by atoms with van der Waals surface area (Å²) >= 11 is 0. The van der Waals surface area contributed by atoms with Crippen molar-refractivity contribution < 1.29 is 23.9 Å². The molecule has 8 heteroatoms. The van der Waals surface area contributed by atoms with Gasteiger partial charge in [-0.3, -0.25) is 9.59 Å². The fraction of sp³-hybridized carbons (Fsp3) is 0.323. The van der Waals surface area contributed by atoms with Crippen molar-refractivity contribution in [1.29, 1.82) is 0 Å². The van der Waals surface area contributed by atoms with Crippen LogP contribution in [-0.2, 0) is 33.8 Å². The average molecular weight is 532 g/mol. The van der Waals surface area contributed by atoms with Gasteiger partial charge in [0.25, 0.3) is 0 Å². The monoisotopic (exact) mass is 531 g/mol. The second-order valence-electron chi connectivity index (χ2n) is 9.58. The Morgan fingerprint density at radius 2 is 1.46 bits per heavy atom. The molecule has 0 radical (unpaired) electrons. The van der Waals surface area contributed by atoms with Gasteiger partial charge in [0, 0.05) is 6.54 Å². The van der Waals surface area contributed by atoms with Crippen LogP contribution in [0.4, 0.5) is 4.79 Å². The summed E-state index contributed by atoms with van der Waals surface area (Å²) < 4.78 is 10.5. The number of rotatable bonds is 12. The number of nitrogens with one attached hydrogen (secondary N) is 2. The van der Waals surface area contributed by atoms with Crippen LogP contribution < -0.4 is 21.1 Å². The smallest absolute Gasteiger partial charge is 0.429 e. The zero-order valence-corrected chi connectivity index (χ0v) is 22.7. The van der Waals surface area contributed by atoms with Gasteiger partial charge in [-0.25, -0.2) is 4.79 Å². The van der Waals surface area contributed by atoms with Crippen molar-refractivity contribution in [1.82, 2.24) is 10.6 Å². The number of carbonyl (C=O) groups excluding carboxylic acids is 3. The third-order valence-electron chi connectivity index (χ3n) is 6.37. The van der Waals surface area contributed by atoms with Crippen molar-refractivity contribution >= 4 is 18.0 Å². The minimum atomic E-state index is -0.849. The molecule has 0 heterocycles. The Kier molecular flexibility index (Phi) is 11.1. The first-order valence-electron chi connectivity index (χ1n) is 13.1. The maximum absolute atomic E-state index is 12.7. The first-order chi connectivity index (χ1) is 18.7. The number of carbonyl (C=O) groups is 3. The third-order valence-corrected chi connectivity index (χ3v) is 6.37. The summed E-state index contributed by atoms with van der Waals surface area (Å²) in [4.78, 5) is 37.2. The van der Waals surface area contributed by atoms with E-state index in [-0.39, 0.29) is 18.9 Å². The fourth-order valence-electron chi connectivity index (χ4n) is 4.18. The van der Waals surface area contributed by atoms with Gasteiger partial charge in [-0.1, -0.05) is 60.7 Å². The Balaban J connectivity index is 1.45. The van der Waals surface area contributed by atoms with Crippen molar-refractivity contribution in [2.24, 2.45) is 5.73 Å². The number of aryl methyl sites for hydroxylation is 3. The molecule has 0 spiro atoms. The predicted octanol–water partition coefficient (Wildman–Crippen LogP) is 4.14. The van der Waals surface area contributed by atoms with E-state index < -0.39 is 24.1 Å². The van der Waals surface area contributed by atoms with Gasteiger partial charge in [-0.05, 0) is 80.0 Å². The van der Waals surface area contributed by atoms with Gasteiger partial charge in [-0.15, -0.1) is 0 Å². The van der Waals surface area contributed by atoms with Gasteiger partial charge < -0.3 is 25.8 Å². The summed E-state index contributed by atoms with van der Waals surface area (Å²) in [5.74, 6) is -0.315. The van der Waals surface area contributed by atoms with Crippen LogP contribution in [0.1, 0.15) is 41.2 Å². The lowest BCUT2D eigenvalue weighted by Crippen LogP contribution is -2.51. The van der Waals surface area contributed by atoms with Crippen LogP contribution in [0.15, 0.2) is 72.8 Å². The van der Waals surface area contributed by atoms with Gasteiger partial charge in [0.1, 0.15) is 18.4 Å².